The number of hydrogen-bond donors (Lipinski definition) is 1. The maximum atomic E-state index is 12.1. The zero-order valence-corrected chi connectivity index (χ0v) is 6.24. The third-order valence-electron chi connectivity index (χ3n) is 1.03. The first-order valence-corrected chi connectivity index (χ1v) is 3.06. The molecule has 0 aromatic rings. The van der Waals surface area contributed by atoms with Gasteiger partial charge in [0, 0.05) is 6.42 Å². The molecule has 0 aromatic heterocycles. The van der Waals surface area contributed by atoms with E-state index in [9.17, 15) is 17.6 Å². The van der Waals surface area contributed by atoms with Gasteiger partial charge in [0.1, 0.15) is 0 Å². The molecule has 0 saturated carbocycles. The van der Waals surface area contributed by atoms with Crippen molar-refractivity contribution < 1.29 is 22.7 Å². The Labute approximate surface area is 62.0 Å². The fourth-order valence-electron chi connectivity index (χ4n) is 0.554. The van der Waals surface area contributed by atoms with Gasteiger partial charge in [0.25, 0.3) is 0 Å². The maximum absolute atomic E-state index is 12.1. The molecule has 0 saturated heterocycles. The van der Waals surface area contributed by atoms with Gasteiger partial charge in [0.05, 0.1) is 5.60 Å². The van der Waals surface area contributed by atoms with Crippen LogP contribution in [0.25, 0.3) is 0 Å². The van der Waals surface area contributed by atoms with E-state index in [-0.39, 0.29) is 0 Å². The molecule has 0 aliphatic rings. The van der Waals surface area contributed by atoms with Crippen LogP contribution in [0, 0.1) is 0 Å². The predicted octanol–water partition coefficient (Wildman–Crippen LogP) is 2.05. The standard InChI is InChI=1S/C6H10F4O/c1-5(2,11)3-4(7)6(8,9)10/h4,11H,3H2,1-2H3. The third kappa shape index (κ3) is 5.01. The molecule has 0 fully saturated rings. The minimum absolute atomic E-state index is 0.920. The fourth-order valence-corrected chi connectivity index (χ4v) is 0.554. The number of hydrogen-bond acceptors (Lipinski definition) is 1. The minimum Gasteiger partial charge on any atom is -0.390 e. The van der Waals surface area contributed by atoms with E-state index < -0.39 is 24.4 Å². The normalized spacial score (nSPS) is 16.6. The lowest BCUT2D eigenvalue weighted by molar-refractivity contribution is -0.192. The molecular formula is C6H10F4O. The summed E-state index contributed by atoms with van der Waals surface area (Å²) in [5.41, 5.74) is -1.62. The van der Waals surface area contributed by atoms with E-state index in [0.717, 1.165) is 13.8 Å². The van der Waals surface area contributed by atoms with Crippen LogP contribution in [-0.4, -0.2) is 23.1 Å². The Morgan fingerprint density at radius 2 is 1.64 bits per heavy atom. The highest BCUT2D eigenvalue weighted by molar-refractivity contribution is 4.75. The Kier molecular flexibility index (Phi) is 2.88. The summed E-state index contributed by atoms with van der Waals surface area (Å²) in [6.45, 7) is 2.26. The molecule has 0 amide bonds. The van der Waals surface area contributed by atoms with E-state index in [4.69, 9.17) is 5.11 Å². The van der Waals surface area contributed by atoms with Crippen molar-refractivity contribution in [2.45, 2.75) is 38.2 Å². The molecule has 0 rings (SSSR count). The van der Waals surface area contributed by atoms with Crippen molar-refractivity contribution in [3.63, 3.8) is 0 Å². The van der Waals surface area contributed by atoms with Gasteiger partial charge in [0.2, 0.25) is 0 Å². The first kappa shape index (κ1) is 10.7. The van der Waals surface area contributed by atoms with Crippen LogP contribution < -0.4 is 0 Å². The molecule has 0 aromatic carbocycles. The summed E-state index contributed by atoms with van der Waals surface area (Å²) >= 11 is 0. The highest BCUT2D eigenvalue weighted by atomic mass is 19.4. The SMILES string of the molecule is CC(C)(O)CC(F)C(F)(F)F. The molecule has 11 heavy (non-hydrogen) atoms. The second-order valence-corrected chi connectivity index (χ2v) is 3.03. The van der Waals surface area contributed by atoms with Crippen LogP contribution >= 0.6 is 0 Å². The van der Waals surface area contributed by atoms with Crippen LogP contribution in [0.2, 0.25) is 0 Å². The molecule has 0 bridgehead atoms. The van der Waals surface area contributed by atoms with Crippen LogP contribution in [0.5, 0.6) is 0 Å². The van der Waals surface area contributed by atoms with Gasteiger partial charge in [-0.25, -0.2) is 4.39 Å². The van der Waals surface area contributed by atoms with E-state index in [0.29, 0.717) is 0 Å². The smallest absolute Gasteiger partial charge is 0.390 e. The average Bonchev–Trinajstić information content (AvgIpc) is 1.56. The van der Waals surface area contributed by atoms with Crippen LogP contribution in [0.4, 0.5) is 17.6 Å². The highest BCUT2D eigenvalue weighted by Gasteiger charge is 2.42. The van der Waals surface area contributed by atoms with Crippen LogP contribution in [-0.2, 0) is 0 Å². The molecule has 0 radical (unpaired) electrons. The predicted molar refractivity (Wildman–Crippen MR) is 31.9 cm³/mol. The Hall–Kier alpha value is -0.320. The van der Waals surface area contributed by atoms with Crippen molar-refractivity contribution in [1.82, 2.24) is 0 Å². The third-order valence-corrected chi connectivity index (χ3v) is 1.03. The fraction of sp³-hybridized carbons (Fsp3) is 1.00. The summed E-state index contributed by atoms with van der Waals surface area (Å²) in [5, 5.41) is 8.81. The lowest BCUT2D eigenvalue weighted by Crippen LogP contribution is -2.33. The molecule has 1 N–H and O–H groups in total. The Morgan fingerprint density at radius 3 is 1.73 bits per heavy atom. The number of halogens is 4. The minimum atomic E-state index is -4.86. The lowest BCUT2D eigenvalue weighted by Gasteiger charge is -2.21. The molecule has 1 atom stereocenters. The Balaban J connectivity index is 3.99. The quantitative estimate of drug-likeness (QED) is 0.635. The zero-order valence-electron chi connectivity index (χ0n) is 6.24. The second-order valence-electron chi connectivity index (χ2n) is 3.03. The second kappa shape index (κ2) is 2.97. The van der Waals surface area contributed by atoms with E-state index in [1.54, 1.807) is 0 Å². The van der Waals surface area contributed by atoms with Gasteiger partial charge in [0.15, 0.2) is 6.17 Å². The van der Waals surface area contributed by atoms with Crippen LogP contribution in [0.3, 0.4) is 0 Å². The van der Waals surface area contributed by atoms with Gasteiger partial charge < -0.3 is 5.11 Å². The molecule has 1 nitrogen and oxygen atoms in total. The summed E-state index contributed by atoms with van der Waals surface area (Å²) in [6.07, 6.45) is -8.72. The van der Waals surface area contributed by atoms with Crippen molar-refractivity contribution >= 4 is 0 Å². The van der Waals surface area contributed by atoms with Crippen molar-refractivity contribution in [3.8, 4) is 0 Å². The Morgan fingerprint density at radius 1 is 1.27 bits per heavy atom. The first-order chi connectivity index (χ1) is 4.63. The van der Waals surface area contributed by atoms with Crippen molar-refractivity contribution in [1.29, 1.82) is 0 Å². The molecule has 5 heteroatoms. The van der Waals surface area contributed by atoms with E-state index >= 15 is 0 Å². The van der Waals surface area contributed by atoms with Gasteiger partial charge in [-0.3, -0.25) is 0 Å². The maximum Gasteiger partial charge on any atom is 0.419 e. The van der Waals surface area contributed by atoms with Gasteiger partial charge in [-0.05, 0) is 13.8 Å². The van der Waals surface area contributed by atoms with Gasteiger partial charge in [-0.1, -0.05) is 0 Å². The molecule has 1 unspecified atom stereocenters. The molecule has 0 spiro atoms. The van der Waals surface area contributed by atoms with E-state index in [2.05, 4.69) is 0 Å². The van der Waals surface area contributed by atoms with Gasteiger partial charge in [-0.15, -0.1) is 0 Å². The number of rotatable bonds is 2. The highest BCUT2D eigenvalue weighted by Crippen LogP contribution is 2.28. The Bertz CT molecular complexity index is 124. The molecular weight excluding hydrogens is 164 g/mol. The van der Waals surface area contributed by atoms with Crippen molar-refractivity contribution in [2.24, 2.45) is 0 Å². The van der Waals surface area contributed by atoms with Crippen molar-refractivity contribution in [3.05, 3.63) is 0 Å². The molecule has 68 valence electrons. The summed E-state index contributed by atoms with van der Waals surface area (Å²) in [7, 11) is 0. The molecule has 0 aliphatic carbocycles. The summed E-state index contributed by atoms with van der Waals surface area (Å²) < 4.78 is 46.6. The van der Waals surface area contributed by atoms with Gasteiger partial charge >= 0.3 is 6.18 Å². The first-order valence-electron chi connectivity index (χ1n) is 3.06. The zero-order chi connectivity index (χ0) is 9.28. The largest absolute Gasteiger partial charge is 0.419 e. The van der Waals surface area contributed by atoms with Crippen molar-refractivity contribution in [2.75, 3.05) is 0 Å². The summed E-state index contributed by atoms with van der Waals surface area (Å²) in [6, 6.07) is 0. The van der Waals surface area contributed by atoms with Crippen LogP contribution in [0.15, 0.2) is 0 Å². The molecule has 0 heterocycles. The van der Waals surface area contributed by atoms with Crippen LogP contribution in [0.1, 0.15) is 20.3 Å². The summed E-state index contributed by atoms with van der Waals surface area (Å²) in [4.78, 5) is 0. The topological polar surface area (TPSA) is 20.2 Å². The van der Waals surface area contributed by atoms with E-state index in [1.807, 2.05) is 0 Å². The van der Waals surface area contributed by atoms with Gasteiger partial charge in [-0.2, -0.15) is 13.2 Å². The monoisotopic (exact) mass is 174 g/mol. The van der Waals surface area contributed by atoms with E-state index in [1.165, 1.54) is 0 Å². The molecule has 0 aliphatic heterocycles. The average molecular weight is 174 g/mol. The number of alkyl halides is 4. The lowest BCUT2D eigenvalue weighted by atomic mass is 10.0. The summed E-state index contributed by atoms with van der Waals surface area (Å²) in [5.74, 6) is 0. The number of aliphatic hydroxyl groups is 1.